The number of anilines is 2. The van der Waals surface area contributed by atoms with Gasteiger partial charge in [0.15, 0.2) is 0 Å². The minimum absolute atomic E-state index is 0.0231. The molecule has 0 aliphatic heterocycles. The number of nitrogens with one attached hydrogen (secondary N) is 1. The Morgan fingerprint density at radius 3 is 2.24 bits per heavy atom. The molecule has 0 atom stereocenters. The van der Waals surface area contributed by atoms with E-state index in [4.69, 9.17) is 0 Å². The first-order valence-electron chi connectivity index (χ1n) is 9.13. The number of aryl methyl sites for hydroxylation is 1. The number of nitrogens with zero attached hydrogens (tertiary/aromatic N) is 1. The average Bonchev–Trinajstić information content (AvgIpc) is 2.73. The number of hydrogen-bond acceptors (Lipinski definition) is 3. The van der Waals surface area contributed by atoms with Crippen LogP contribution in [0.2, 0.25) is 0 Å². The lowest BCUT2D eigenvalue weighted by Gasteiger charge is -2.24. The predicted octanol–water partition coefficient (Wildman–Crippen LogP) is 4.22. The Hall–Kier alpha value is -3.19. The lowest BCUT2D eigenvalue weighted by molar-refractivity contribution is -0.114. The summed E-state index contributed by atoms with van der Waals surface area (Å²) in [6, 6.07) is 20.4. The Labute approximate surface area is 169 Å². The van der Waals surface area contributed by atoms with Gasteiger partial charge in [-0.2, -0.15) is 0 Å². The fourth-order valence-corrected chi connectivity index (χ4v) is 4.39. The first kappa shape index (κ1) is 20.5. The van der Waals surface area contributed by atoms with Gasteiger partial charge in [-0.1, -0.05) is 55.5 Å². The molecule has 5 nitrogen and oxygen atoms in total. The zero-order chi connectivity index (χ0) is 20.9. The normalized spacial score (nSPS) is 11.1. The number of amides is 1. The van der Waals surface area contributed by atoms with E-state index in [1.54, 1.807) is 30.3 Å². The zero-order valence-electron chi connectivity index (χ0n) is 15.9. The maximum absolute atomic E-state index is 14.4. The second-order valence-electron chi connectivity index (χ2n) is 6.34. The van der Waals surface area contributed by atoms with Gasteiger partial charge in [0.2, 0.25) is 5.91 Å². The molecule has 29 heavy (non-hydrogen) atoms. The molecule has 0 aliphatic carbocycles. The molecule has 7 heteroatoms. The summed E-state index contributed by atoms with van der Waals surface area (Å²) in [6.07, 6.45) is 0.704. The van der Waals surface area contributed by atoms with E-state index in [9.17, 15) is 17.6 Å². The summed E-state index contributed by atoms with van der Waals surface area (Å²) < 4.78 is 41.6. The number of carbonyl (C=O) groups is 1. The van der Waals surface area contributed by atoms with Gasteiger partial charge in [0, 0.05) is 5.69 Å². The zero-order valence-corrected chi connectivity index (χ0v) is 16.7. The molecule has 0 spiro atoms. The summed E-state index contributed by atoms with van der Waals surface area (Å²) >= 11 is 0. The number of rotatable bonds is 7. The van der Waals surface area contributed by atoms with Crippen molar-refractivity contribution in [1.29, 1.82) is 0 Å². The van der Waals surface area contributed by atoms with E-state index in [2.05, 4.69) is 5.32 Å². The molecule has 0 saturated carbocycles. The van der Waals surface area contributed by atoms with E-state index in [0.29, 0.717) is 12.1 Å². The van der Waals surface area contributed by atoms with Crippen molar-refractivity contribution >= 4 is 27.3 Å². The number of para-hydroxylation sites is 2. The number of carbonyl (C=O) groups excluding carboxylic acids is 1. The molecular formula is C22H21FN2O3S. The van der Waals surface area contributed by atoms with Crippen molar-refractivity contribution in [2.45, 2.75) is 18.2 Å². The topological polar surface area (TPSA) is 66.5 Å². The van der Waals surface area contributed by atoms with Gasteiger partial charge >= 0.3 is 0 Å². The highest BCUT2D eigenvalue weighted by atomic mass is 32.2. The van der Waals surface area contributed by atoms with E-state index >= 15 is 0 Å². The van der Waals surface area contributed by atoms with Crippen molar-refractivity contribution < 1.29 is 17.6 Å². The molecule has 3 aromatic carbocycles. The molecule has 1 amide bonds. The van der Waals surface area contributed by atoms with Crippen LogP contribution < -0.4 is 9.62 Å². The van der Waals surface area contributed by atoms with E-state index in [1.807, 2.05) is 19.1 Å². The van der Waals surface area contributed by atoms with Crippen LogP contribution in [0.15, 0.2) is 83.8 Å². The maximum Gasteiger partial charge on any atom is 0.264 e. The van der Waals surface area contributed by atoms with Gasteiger partial charge in [-0.05, 0) is 42.3 Å². The Kier molecular flexibility index (Phi) is 6.29. The third-order valence-corrected chi connectivity index (χ3v) is 6.19. The van der Waals surface area contributed by atoms with Gasteiger partial charge in [0.25, 0.3) is 10.0 Å². The van der Waals surface area contributed by atoms with Crippen LogP contribution in [0.4, 0.5) is 15.8 Å². The maximum atomic E-state index is 14.4. The third-order valence-electron chi connectivity index (χ3n) is 4.41. The first-order valence-corrected chi connectivity index (χ1v) is 10.6. The molecular weight excluding hydrogens is 391 g/mol. The highest BCUT2D eigenvalue weighted by molar-refractivity contribution is 7.92. The van der Waals surface area contributed by atoms with Gasteiger partial charge in [0.05, 0.1) is 10.6 Å². The minimum atomic E-state index is -4.15. The molecule has 0 heterocycles. The summed E-state index contributed by atoms with van der Waals surface area (Å²) in [5, 5.41) is 2.74. The molecule has 0 aliphatic rings. The van der Waals surface area contributed by atoms with Gasteiger partial charge in [0.1, 0.15) is 12.4 Å². The molecule has 0 aromatic heterocycles. The Morgan fingerprint density at radius 1 is 0.931 bits per heavy atom. The smallest absolute Gasteiger partial charge is 0.264 e. The summed E-state index contributed by atoms with van der Waals surface area (Å²) in [4.78, 5) is 12.7. The Morgan fingerprint density at radius 2 is 1.55 bits per heavy atom. The van der Waals surface area contributed by atoms with Crippen molar-refractivity contribution in [2.24, 2.45) is 0 Å². The second kappa shape index (κ2) is 8.87. The van der Waals surface area contributed by atoms with Crippen LogP contribution in [0, 0.1) is 5.82 Å². The monoisotopic (exact) mass is 412 g/mol. The van der Waals surface area contributed by atoms with Crippen molar-refractivity contribution in [3.63, 3.8) is 0 Å². The fourth-order valence-electron chi connectivity index (χ4n) is 2.94. The quantitative estimate of drug-likeness (QED) is 0.632. The first-order chi connectivity index (χ1) is 13.9. The molecule has 0 saturated heterocycles. The SMILES string of the molecule is CCc1ccccc1NC(=O)CN(c1ccccc1F)S(=O)(=O)c1ccccc1. The summed E-state index contributed by atoms with van der Waals surface area (Å²) in [5.41, 5.74) is 1.34. The van der Waals surface area contributed by atoms with Crippen LogP contribution in [0.25, 0.3) is 0 Å². The molecule has 0 unspecified atom stereocenters. The van der Waals surface area contributed by atoms with Gasteiger partial charge in [-0.25, -0.2) is 12.8 Å². The second-order valence-corrected chi connectivity index (χ2v) is 8.20. The van der Waals surface area contributed by atoms with E-state index in [1.165, 1.54) is 30.3 Å². The fraction of sp³-hybridized carbons (Fsp3) is 0.136. The minimum Gasteiger partial charge on any atom is -0.324 e. The summed E-state index contributed by atoms with van der Waals surface area (Å²) in [5.74, 6) is -1.29. The molecule has 0 fully saturated rings. The standard InChI is InChI=1S/C22H21FN2O3S/c1-2-17-10-6-8-14-20(17)24-22(26)16-25(21-15-9-7-13-19(21)23)29(27,28)18-11-4-3-5-12-18/h3-15H,2,16H2,1H3,(H,24,26). The molecule has 0 bridgehead atoms. The highest BCUT2D eigenvalue weighted by Crippen LogP contribution is 2.26. The lowest BCUT2D eigenvalue weighted by Crippen LogP contribution is -2.38. The average molecular weight is 412 g/mol. The van der Waals surface area contributed by atoms with Crippen LogP contribution >= 0.6 is 0 Å². The lowest BCUT2D eigenvalue weighted by atomic mass is 10.1. The summed E-state index contributed by atoms with van der Waals surface area (Å²) in [6.45, 7) is 1.40. The number of benzene rings is 3. The van der Waals surface area contributed by atoms with Crippen LogP contribution in [0.5, 0.6) is 0 Å². The Bertz CT molecular complexity index is 1100. The van der Waals surface area contributed by atoms with E-state index in [0.717, 1.165) is 15.9 Å². The van der Waals surface area contributed by atoms with Crippen LogP contribution in [-0.4, -0.2) is 20.9 Å². The number of sulfonamides is 1. The van der Waals surface area contributed by atoms with Crippen molar-refractivity contribution in [2.75, 3.05) is 16.2 Å². The molecule has 3 rings (SSSR count). The number of halogens is 1. The van der Waals surface area contributed by atoms with Gasteiger partial charge < -0.3 is 5.32 Å². The predicted molar refractivity (Wildman–Crippen MR) is 112 cm³/mol. The molecule has 0 radical (unpaired) electrons. The third kappa shape index (κ3) is 4.63. The molecule has 1 N–H and O–H groups in total. The highest BCUT2D eigenvalue weighted by Gasteiger charge is 2.29. The van der Waals surface area contributed by atoms with Crippen LogP contribution in [0.1, 0.15) is 12.5 Å². The molecule has 3 aromatic rings. The van der Waals surface area contributed by atoms with Crippen LogP contribution in [0.3, 0.4) is 0 Å². The molecule has 150 valence electrons. The van der Waals surface area contributed by atoms with E-state index < -0.39 is 28.3 Å². The van der Waals surface area contributed by atoms with E-state index in [-0.39, 0.29) is 10.6 Å². The van der Waals surface area contributed by atoms with Gasteiger partial charge in [-0.3, -0.25) is 9.10 Å². The summed E-state index contributed by atoms with van der Waals surface area (Å²) in [7, 11) is -4.15. The van der Waals surface area contributed by atoms with Crippen LogP contribution in [-0.2, 0) is 21.2 Å². The van der Waals surface area contributed by atoms with Crippen molar-refractivity contribution in [3.8, 4) is 0 Å². The van der Waals surface area contributed by atoms with Gasteiger partial charge in [-0.15, -0.1) is 0 Å². The Balaban J connectivity index is 1.96. The van der Waals surface area contributed by atoms with Crippen molar-refractivity contribution in [1.82, 2.24) is 0 Å². The van der Waals surface area contributed by atoms with Crippen molar-refractivity contribution in [3.05, 3.63) is 90.2 Å². The largest absolute Gasteiger partial charge is 0.324 e. The number of hydrogen-bond donors (Lipinski definition) is 1.